The van der Waals surface area contributed by atoms with Crippen LogP contribution in [0.1, 0.15) is 29.7 Å². The summed E-state index contributed by atoms with van der Waals surface area (Å²) in [6.07, 6.45) is 5.06. The molecule has 0 unspecified atom stereocenters. The first-order chi connectivity index (χ1) is 12.4. The van der Waals surface area contributed by atoms with Crippen LogP contribution in [0.25, 0.3) is 10.1 Å². The number of thiophene rings is 1. The third kappa shape index (κ3) is 4.42. The van der Waals surface area contributed by atoms with Crippen molar-refractivity contribution in [3.05, 3.63) is 65.0 Å². The van der Waals surface area contributed by atoms with E-state index in [4.69, 9.17) is 4.74 Å². The van der Waals surface area contributed by atoms with Gasteiger partial charge in [0.05, 0.1) is 0 Å². The van der Waals surface area contributed by atoms with E-state index in [2.05, 4.69) is 59.5 Å². The molecule has 0 spiro atoms. The average molecular weight is 352 g/mol. The Kier molecular flexibility index (Phi) is 5.34. The summed E-state index contributed by atoms with van der Waals surface area (Å²) in [7, 11) is 0. The minimum absolute atomic E-state index is 0.787. The van der Waals surface area contributed by atoms with E-state index in [1.165, 1.54) is 52.9 Å². The van der Waals surface area contributed by atoms with E-state index in [0.29, 0.717) is 0 Å². The van der Waals surface area contributed by atoms with Gasteiger partial charge in [0.1, 0.15) is 12.4 Å². The SMILES string of the molecule is c1ccc2sc(Cc3ccc(OCCN4CCCCC4)cc3)cc2c1. The highest BCUT2D eigenvalue weighted by molar-refractivity contribution is 7.19. The van der Waals surface area contributed by atoms with Gasteiger partial charge in [-0.05, 0) is 61.1 Å². The molecule has 0 atom stereocenters. The molecule has 1 aromatic heterocycles. The molecule has 1 aliphatic heterocycles. The van der Waals surface area contributed by atoms with Crippen molar-refractivity contribution in [2.45, 2.75) is 25.7 Å². The molecular formula is C22H25NOS. The summed E-state index contributed by atoms with van der Waals surface area (Å²) < 4.78 is 7.29. The quantitative estimate of drug-likeness (QED) is 0.593. The molecule has 0 saturated carbocycles. The number of piperidine rings is 1. The van der Waals surface area contributed by atoms with E-state index in [1.54, 1.807) is 0 Å². The van der Waals surface area contributed by atoms with Gasteiger partial charge in [0.25, 0.3) is 0 Å². The van der Waals surface area contributed by atoms with Crippen LogP contribution in [0.5, 0.6) is 5.75 Å². The van der Waals surface area contributed by atoms with Crippen molar-refractivity contribution in [2.24, 2.45) is 0 Å². The fourth-order valence-corrected chi connectivity index (χ4v) is 4.60. The second-order valence-corrected chi connectivity index (χ2v) is 7.99. The molecule has 1 fully saturated rings. The van der Waals surface area contributed by atoms with Gasteiger partial charge in [0, 0.05) is 22.5 Å². The molecule has 0 bridgehead atoms. The molecule has 2 aromatic carbocycles. The Labute approximate surface area is 154 Å². The number of benzene rings is 2. The lowest BCUT2D eigenvalue weighted by Gasteiger charge is -2.26. The highest BCUT2D eigenvalue weighted by Crippen LogP contribution is 2.27. The minimum atomic E-state index is 0.787. The van der Waals surface area contributed by atoms with Gasteiger partial charge in [-0.25, -0.2) is 0 Å². The monoisotopic (exact) mass is 351 g/mol. The molecule has 0 radical (unpaired) electrons. The van der Waals surface area contributed by atoms with E-state index < -0.39 is 0 Å². The van der Waals surface area contributed by atoms with Crippen molar-refractivity contribution in [2.75, 3.05) is 26.2 Å². The fourth-order valence-electron chi connectivity index (χ4n) is 3.50. The highest BCUT2D eigenvalue weighted by Gasteiger charge is 2.09. The Hall–Kier alpha value is -1.84. The second-order valence-electron chi connectivity index (χ2n) is 6.82. The van der Waals surface area contributed by atoms with Gasteiger partial charge in [0.2, 0.25) is 0 Å². The first-order valence-corrected chi connectivity index (χ1v) is 10.1. The predicted molar refractivity (Wildman–Crippen MR) is 107 cm³/mol. The van der Waals surface area contributed by atoms with Gasteiger partial charge in [0.15, 0.2) is 0 Å². The largest absolute Gasteiger partial charge is 0.492 e. The van der Waals surface area contributed by atoms with Gasteiger partial charge >= 0.3 is 0 Å². The number of hydrogen-bond acceptors (Lipinski definition) is 3. The number of likely N-dealkylation sites (tertiary alicyclic amines) is 1. The van der Waals surface area contributed by atoms with Gasteiger partial charge in [-0.15, -0.1) is 11.3 Å². The van der Waals surface area contributed by atoms with Crippen LogP contribution in [0.2, 0.25) is 0 Å². The number of nitrogens with zero attached hydrogens (tertiary/aromatic N) is 1. The Morgan fingerprint density at radius 3 is 2.52 bits per heavy atom. The summed E-state index contributed by atoms with van der Waals surface area (Å²) in [5.74, 6) is 0.983. The van der Waals surface area contributed by atoms with Crippen molar-refractivity contribution < 1.29 is 4.74 Å². The third-order valence-corrected chi connectivity index (χ3v) is 6.02. The molecule has 0 amide bonds. The van der Waals surface area contributed by atoms with Crippen molar-refractivity contribution >= 4 is 21.4 Å². The van der Waals surface area contributed by atoms with Crippen LogP contribution in [0.15, 0.2) is 54.6 Å². The molecule has 1 aliphatic rings. The van der Waals surface area contributed by atoms with Crippen LogP contribution < -0.4 is 4.74 Å². The normalized spacial score (nSPS) is 15.5. The topological polar surface area (TPSA) is 12.5 Å². The standard InChI is InChI=1S/C22H25NOS/c1-4-12-23(13-5-1)14-15-24-20-10-8-18(9-11-20)16-21-17-19-6-2-3-7-22(19)25-21/h2-3,6-11,17H,1,4-5,12-16H2. The van der Waals surface area contributed by atoms with Crippen LogP contribution in [0.4, 0.5) is 0 Å². The van der Waals surface area contributed by atoms with Crippen LogP contribution in [-0.2, 0) is 6.42 Å². The van der Waals surface area contributed by atoms with E-state index >= 15 is 0 Å². The molecule has 4 rings (SSSR count). The molecule has 3 heteroatoms. The Morgan fingerprint density at radius 1 is 0.920 bits per heavy atom. The summed E-state index contributed by atoms with van der Waals surface area (Å²) in [4.78, 5) is 3.93. The molecule has 130 valence electrons. The average Bonchev–Trinajstić information content (AvgIpc) is 3.06. The second kappa shape index (κ2) is 8.03. The number of fused-ring (bicyclic) bond motifs is 1. The maximum Gasteiger partial charge on any atom is 0.119 e. The molecule has 0 N–H and O–H groups in total. The van der Waals surface area contributed by atoms with Gasteiger partial charge in [-0.1, -0.05) is 36.8 Å². The smallest absolute Gasteiger partial charge is 0.119 e. The third-order valence-electron chi connectivity index (χ3n) is 4.90. The van der Waals surface area contributed by atoms with Gasteiger partial charge in [-0.3, -0.25) is 4.90 Å². The summed E-state index contributed by atoms with van der Waals surface area (Å²) >= 11 is 1.89. The lowest BCUT2D eigenvalue weighted by atomic mass is 10.1. The number of ether oxygens (including phenoxy) is 1. The lowest BCUT2D eigenvalue weighted by Crippen LogP contribution is -2.33. The summed E-state index contributed by atoms with van der Waals surface area (Å²) in [6.45, 7) is 4.30. The van der Waals surface area contributed by atoms with E-state index in [-0.39, 0.29) is 0 Å². The van der Waals surface area contributed by atoms with Crippen LogP contribution in [-0.4, -0.2) is 31.1 Å². The van der Waals surface area contributed by atoms with Gasteiger partial charge in [-0.2, -0.15) is 0 Å². The van der Waals surface area contributed by atoms with E-state index in [9.17, 15) is 0 Å². The molecule has 0 aliphatic carbocycles. The van der Waals surface area contributed by atoms with E-state index in [1.807, 2.05) is 11.3 Å². The van der Waals surface area contributed by atoms with Crippen LogP contribution in [0, 0.1) is 0 Å². The maximum atomic E-state index is 5.92. The number of rotatable bonds is 6. The minimum Gasteiger partial charge on any atom is -0.492 e. The molecule has 1 saturated heterocycles. The van der Waals surface area contributed by atoms with Crippen LogP contribution in [0.3, 0.4) is 0 Å². The summed E-state index contributed by atoms with van der Waals surface area (Å²) in [5.41, 5.74) is 1.34. The molecular weight excluding hydrogens is 326 g/mol. The number of hydrogen-bond donors (Lipinski definition) is 0. The highest BCUT2D eigenvalue weighted by atomic mass is 32.1. The molecule has 2 heterocycles. The van der Waals surface area contributed by atoms with Crippen molar-refractivity contribution in [1.29, 1.82) is 0 Å². The summed E-state index contributed by atoms with van der Waals surface area (Å²) in [5, 5.41) is 1.35. The van der Waals surface area contributed by atoms with Crippen molar-refractivity contribution in [3.63, 3.8) is 0 Å². The zero-order valence-electron chi connectivity index (χ0n) is 14.6. The first-order valence-electron chi connectivity index (χ1n) is 9.28. The predicted octanol–water partition coefficient (Wildman–Crippen LogP) is 5.36. The first kappa shape index (κ1) is 16.6. The van der Waals surface area contributed by atoms with Crippen molar-refractivity contribution in [3.8, 4) is 5.75 Å². The fraction of sp³-hybridized carbons (Fsp3) is 0.364. The maximum absolute atomic E-state index is 5.92. The van der Waals surface area contributed by atoms with Crippen molar-refractivity contribution in [1.82, 2.24) is 4.90 Å². The Morgan fingerprint density at radius 2 is 1.72 bits per heavy atom. The Balaban J connectivity index is 1.30. The summed E-state index contributed by atoms with van der Waals surface area (Å²) in [6, 6.07) is 19.5. The molecule has 3 aromatic rings. The lowest BCUT2D eigenvalue weighted by molar-refractivity contribution is 0.183. The van der Waals surface area contributed by atoms with E-state index in [0.717, 1.165) is 25.3 Å². The molecule has 25 heavy (non-hydrogen) atoms. The molecule has 2 nitrogen and oxygen atoms in total. The zero-order chi connectivity index (χ0) is 16.9. The van der Waals surface area contributed by atoms with Crippen LogP contribution >= 0.6 is 11.3 Å². The van der Waals surface area contributed by atoms with Gasteiger partial charge < -0.3 is 4.74 Å². The Bertz CT molecular complexity index is 769. The zero-order valence-corrected chi connectivity index (χ0v) is 15.4.